The monoisotopic (exact) mass is 449 g/mol. The minimum absolute atomic E-state index is 0.00501. The summed E-state index contributed by atoms with van der Waals surface area (Å²) in [6.07, 6.45) is 0. The number of hydrogen-bond donors (Lipinski definition) is 1. The van der Waals surface area contributed by atoms with Crippen LogP contribution in [0.2, 0.25) is 5.02 Å². The molecule has 0 fully saturated rings. The number of carbonyl (C=O) groups excluding carboxylic acids is 1. The van der Waals surface area contributed by atoms with Crippen LogP contribution >= 0.6 is 11.6 Å². The van der Waals surface area contributed by atoms with Gasteiger partial charge in [-0.3, -0.25) is 14.9 Å². The molecule has 0 radical (unpaired) electrons. The summed E-state index contributed by atoms with van der Waals surface area (Å²) < 4.78 is 5.92. The third-order valence-electron chi connectivity index (χ3n) is 5.22. The van der Waals surface area contributed by atoms with E-state index in [0.717, 1.165) is 17.1 Å². The van der Waals surface area contributed by atoms with Crippen LogP contribution in [0.1, 0.15) is 41.3 Å². The number of amides is 1. The molecular weight excluding hydrogens is 430 g/mol. The predicted molar refractivity (Wildman–Crippen MR) is 124 cm³/mol. The number of non-ortho nitro benzene ring substituents is 1. The Morgan fingerprint density at radius 2 is 1.91 bits per heavy atom. The predicted octanol–water partition coefficient (Wildman–Crippen LogP) is 6.74. The highest BCUT2D eigenvalue weighted by atomic mass is 35.5. The number of anilines is 1. The van der Waals surface area contributed by atoms with Gasteiger partial charge in [-0.05, 0) is 54.3 Å². The van der Waals surface area contributed by atoms with Gasteiger partial charge in [0.1, 0.15) is 5.52 Å². The molecule has 0 atom stereocenters. The molecule has 0 aliphatic rings. The lowest BCUT2D eigenvalue weighted by molar-refractivity contribution is -0.384. The standard InChI is InChI=1S/C24H20ClN3O4/c1-13(2)15-6-9-22-21(10-15)27-24(32-22)16-5-4-14(3)20(11-16)26-23(29)18-8-7-17(28(30)31)12-19(18)25/h4-13H,1-3H3,(H,26,29). The van der Waals surface area contributed by atoms with Gasteiger partial charge in [0.2, 0.25) is 5.89 Å². The molecule has 0 spiro atoms. The second-order valence-electron chi connectivity index (χ2n) is 7.81. The smallest absolute Gasteiger partial charge is 0.270 e. The van der Waals surface area contributed by atoms with E-state index in [1.165, 1.54) is 17.7 Å². The first-order chi connectivity index (χ1) is 15.2. The Labute approximate surface area is 189 Å². The maximum absolute atomic E-state index is 12.8. The highest BCUT2D eigenvalue weighted by Crippen LogP contribution is 2.30. The summed E-state index contributed by atoms with van der Waals surface area (Å²) in [5.74, 6) is 0.362. The molecule has 4 rings (SSSR count). The summed E-state index contributed by atoms with van der Waals surface area (Å²) in [6.45, 7) is 6.10. The van der Waals surface area contributed by atoms with Crippen molar-refractivity contribution in [1.82, 2.24) is 4.98 Å². The zero-order valence-electron chi connectivity index (χ0n) is 17.7. The van der Waals surface area contributed by atoms with Crippen molar-refractivity contribution in [1.29, 1.82) is 0 Å². The summed E-state index contributed by atoms with van der Waals surface area (Å²) in [5.41, 5.74) is 4.71. The van der Waals surface area contributed by atoms with Gasteiger partial charge >= 0.3 is 0 Å². The Bertz CT molecular complexity index is 1360. The number of aromatic nitrogens is 1. The van der Waals surface area contributed by atoms with Gasteiger partial charge in [0.15, 0.2) is 5.58 Å². The van der Waals surface area contributed by atoms with Crippen LogP contribution < -0.4 is 5.32 Å². The number of benzene rings is 3. The number of halogens is 1. The summed E-state index contributed by atoms with van der Waals surface area (Å²) in [7, 11) is 0. The number of nitrogens with zero attached hydrogens (tertiary/aromatic N) is 2. The number of nitrogens with one attached hydrogen (secondary N) is 1. The first-order valence-corrected chi connectivity index (χ1v) is 10.4. The van der Waals surface area contributed by atoms with Crippen LogP contribution in [-0.4, -0.2) is 15.8 Å². The van der Waals surface area contributed by atoms with Crippen molar-refractivity contribution in [3.63, 3.8) is 0 Å². The Balaban J connectivity index is 1.64. The molecule has 1 heterocycles. The molecule has 3 aromatic carbocycles. The van der Waals surface area contributed by atoms with Crippen molar-refractivity contribution in [2.24, 2.45) is 0 Å². The van der Waals surface area contributed by atoms with E-state index >= 15 is 0 Å². The molecule has 8 heteroatoms. The summed E-state index contributed by atoms with van der Waals surface area (Å²) in [6, 6.07) is 15.2. The van der Waals surface area contributed by atoms with Gasteiger partial charge in [0.25, 0.3) is 11.6 Å². The molecule has 1 N–H and O–H groups in total. The van der Waals surface area contributed by atoms with E-state index in [0.29, 0.717) is 28.6 Å². The SMILES string of the molecule is Cc1ccc(-c2nc3cc(C(C)C)ccc3o2)cc1NC(=O)c1ccc([N+](=O)[O-])cc1Cl. The zero-order valence-corrected chi connectivity index (χ0v) is 18.4. The molecule has 32 heavy (non-hydrogen) atoms. The van der Waals surface area contributed by atoms with Gasteiger partial charge in [-0.25, -0.2) is 4.98 Å². The molecule has 1 amide bonds. The molecule has 162 valence electrons. The fourth-order valence-corrected chi connectivity index (χ4v) is 3.57. The van der Waals surface area contributed by atoms with Gasteiger partial charge in [0.05, 0.1) is 15.5 Å². The minimum atomic E-state index is -0.564. The molecule has 0 aliphatic heterocycles. The maximum Gasteiger partial charge on any atom is 0.270 e. The molecule has 0 saturated heterocycles. The molecule has 0 unspecified atom stereocenters. The number of hydrogen-bond acceptors (Lipinski definition) is 5. The molecule has 0 saturated carbocycles. The molecule has 0 aliphatic carbocycles. The lowest BCUT2D eigenvalue weighted by atomic mass is 10.0. The van der Waals surface area contributed by atoms with Crippen LogP contribution in [-0.2, 0) is 0 Å². The van der Waals surface area contributed by atoms with E-state index in [9.17, 15) is 14.9 Å². The van der Waals surface area contributed by atoms with Crippen molar-refractivity contribution in [2.45, 2.75) is 26.7 Å². The van der Waals surface area contributed by atoms with Crippen molar-refractivity contribution in [2.75, 3.05) is 5.32 Å². The first-order valence-electron chi connectivity index (χ1n) is 9.99. The number of rotatable bonds is 5. The van der Waals surface area contributed by atoms with E-state index in [4.69, 9.17) is 16.0 Å². The largest absolute Gasteiger partial charge is 0.436 e. The number of nitro groups is 1. The van der Waals surface area contributed by atoms with Crippen LogP contribution in [0.5, 0.6) is 0 Å². The van der Waals surface area contributed by atoms with Crippen LogP contribution in [0.4, 0.5) is 11.4 Å². The van der Waals surface area contributed by atoms with Gasteiger partial charge in [-0.15, -0.1) is 0 Å². The Morgan fingerprint density at radius 1 is 1.12 bits per heavy atom. The molecule has 4 aromatic rings. The normalized spacial score (nSPS) is 11.2. The van der Waals surface area contributed by atoms with E-state index in [1.54, 1.807) is 6.07 Å². The zero-order chi connectivity index (χ0) is 23.0. The van der Waals surface area contributed by atoms with E-state index in [2.05, 4.69) is 24.1 Å². The minimum Gasteiger partial charge on any atom is -0.436 e. The number of fused-ring (bicyclic) bond motifs is 1. The highest BCUT2D eigenvalue weighted by Gasteiger charge is 2.17. The third-order valence-corrected chi connectivity index (χ3v) is 5.53. The molecule has 1 aromatic heterocycles. The summed E-state index contributed by atoms with van der Waals surface area (Å²) >= 11 is 6.09. The number of nitro benzene ring substituents is 1. The average Bonchev–Trinajstić information content (AvgIpc) is 3.18. The first kappa shape index (κ1) is 21.5. The second kappa shape index (κ2) is 8.43. The van der Waals surface area contributed by atoms with Crippen molar-refractivity contribution < 1.29 is 14.1 Å². The fourth-order valence-electron chi connectivity index (χ4n) is 3.31. The van der Waals surface area contributed by atoms with E-state index in [-0.39, 0.29) is 16.3 Å². The quantitative estimate of drug-likeness (QED) is 0.268. The Morgan fingerprint density at radius 3 is 2.59 bits per heavy atom. The van der Waals surface area contributed by atoms with E-state index < -0.39 is 10.8 Å². The maximum atomic E-state index is 12.8. The van der Waals surface area contributed by atoms with Crippen LogP contribution in [0, 0.1) is 17.0 Å². The fraction of sp³-hybridized carbons (Fsp3) is 0.167. The average molecular weight is 450 g/mol. The number of aryl methyl sites for hydroxylation is 1. The number of carbonyl (C=O) groups is 1. The topological polar surface area (TPSA) is 98.3 Å². The lowest BCUT2D eigenvalue weighted by Crippen LogP contribution is -2.13. The second-order valence-corrected chi connectivity index (χ2v) is 8.21. The Kier molecular flexibility index (Phi) is 5.67. The van der Waals surface area contributed by atoms with Crippen LogP contribution in [0.25, 0.3) is 22.6 Å². The van der Waals surface area contributed by atoms with Crippen LogP contribution in [0.15, 0.2) is 59.0 Å². The number of oxazole rings is 1. The van der Waals surface area contributed by atoms with Crippen LogP contribution in [0.3, 0.4) is 0 Å². The molecule has 0 bridgehead atoms. The Hall–Kier alpha value is -3.71. The van der Waals surface area contributed by atoms with Gasteiger partial charge in [0, 0.05) is 23.4 Å². The third kappa shape index (κ3) is 4.20. The summed E-state index contributed by atoms with van der Waals surface area (Å²) in [4.78, 5) is 27.7. The van der Waals surface area contributed by atoms with E-state index in [1.807, 2.05) is 37.3 Å². The van der Waals surface area contributed by atoms with Gasteiger partial charge in [-0.2, -0.15) is 0 Å². The van der Waals surface area contributed by atoms with Crippen molar-refractivity contribution in [3.05, 3.63) is 86.4 Å². The van der Waals surface area contributed by atoms with Crippen molar-refractivity contribution in [3.8, 4) is 11.5 Å². The van der Waals surface area contributed by atoms with Gasteiger partial charge < -0.3 is 9.73 Å². The van der Waals surface area contributed by atoms with Gasteiger partial charge in [-0.1, -0.05) is 37.6 Å². The summed E-state index contributed by atoms with van der Waals surface area (Å²) in [5, 5.41) is 13.7. The van der Waals surface area contributed by atoms with Crippen molar-refractivity contribution >= 4 is 40.0 Å². The highest BCUT2D eigenvalue weighted by molar-refractivity contribution is 6.34. The molecule has 7 nitrogen and oxygen atoms in total. The molecular formula is C24H20ClN3O4. The lowest BCUT2D eigenvalue weighted by Gasteiger charge is -2.10.